The first kappa shape index (κ1) is 13.8. The predicted molar refractivity (Wildman–Crippen MR) is 71.5 cm³/mol. The summed E-state index contributed by atoms with van der Waals surface area (Å²) in [4.78, 5) is 36.7. The van der Waals surface area contributed by atoms with Gasteiger partial charge in [0.15, 0.2) is 0 Å². The molecular formula is C15H15NO5. The number of amides is 2. The number of rotatable bonds is 3. The van der Waals surface area contributed by atoms with E-state index in [0.29, 0.717) is 24.0 Å². The number of aliphatic hydroxyl groups is 1. The molecule has 2 aliphatic heterocycles. The molecule has 3 rings (SSSR count). The van der Waals surface area contributed by atoms with Gasteiger partial charge in [0, 0.05) is 19.4 Å². The summed E-state index contributed by atoms with van der Waals surface area (Å²) in [7, 11) is 0. The number of carbonyl (C=O) groups excluding carboxylic acids is 3. The normalized spacial score (nSPS) is 25.0. The number of hydrogen-bond donors (Lipinski definition) is 1. The minimum absolute atomic E-state index is 0.00349. The zero-order chi connectivity index (χ0) is 15.0. The quantitative estimate of drug-likeness (QED) is 0.655. The molecule has 21 heavy (non-hydrogen) atoms. The Morgan fingerprint density at radius 1 is 1.14 bits per heavy atom. The molecule has 1 saturated heterocycles. The average molecular weight is 289 g/mol. The van der Waals surface area contributed by atoms with Gasteiger partial charge in [0.05, 0.1) is 23.7 Å². The Morgan fingerprint density at radius 3 is 2.33 bits per heavy atom. The highest BCUT2D eigenvalue weighted by atomic mass is 16.5. The number of esters is 1. The van der Waals surface area contributed by atoms with Crippen LogP contribution < -0.4 is 0 Å². The Bertz CT molecular complexity index is 577. The Balaban J connectivity index is 1.66. The van der Waals surface area contributed by atoms with Crippen molar-refractivity contribution in [3.8, 4) is 0 Å². The Morgan fingerprint density at radius 2 is 1.76 bits per heavy atom. The molecule has 0 spiro atoms. The van der Waals surface area contributed by atoms with E-state index in [0.717, 1.165) is 0 Å². The molecule has 6 nitrogen and oxygen atoms in total. The molecule has 0 bridgehead atoms. The van der Waals surface area contributed by atoms with E-state index in [-0.39, 0.29) is 24.8 Å². The summed E-state index contributed by atoms with van der Waals surface area (Å²) < 4.78 is 5.12. The minimum Gasteiger partial charge on any atom is -0.462 e. The van der Waals surface area contributed by atoms with Crippen molar-refractivity contribution in [2.45, 2.75) is 31.5 Å². The van der Waals surface area contributed by atoms with Gasteiger partial charge >= 0.3 is 5.97 Å². The summed E-state index contributed by atoms with van der Waals surface area (Å²) in [6.07, 6.45) is -0.476. The smallest absolute Gasteiger partial charge is 0.308 e. The molecule has 2 heterocycles. The molecule has 0 unspecified atom stereocenters. The number of aliphatic hydroxyl groups excluding tert-OH is 1. The van der Waals surface area contributed by atoms with E-state index in [9.17, 15) is 19.5 Å². The van der Waals surface area contributed by atoms with Crippen LogP contribution in [0.2, 0.25) is 0 Å². The fourth-order valence-electron chi connectivity index (χ4n) is 2.75. The van der Waals surface area contributed by atoms with Crippen LogP contribution in [0.3, 0.4) is 0 Å². The second-order valence-corrected chi connectivity index (χ2v) is 5.30. The van der Waals surface area contributed by atoms with Gasteiger partial charge in [-0.15, -0.1) is 0 Å². The molecule has 0 aliphatic carbocycles. The standard InChI is InChI=1S/C15H15NO5/c17-9-7-10(21-13(18)8-9)5-6-16-14(19)11-3-1-2-4-12(11)15(16)20/h1-4,9-10,17H,5-8H2/t9-,10+/m0/s1. The summed E-state index contributed by atoms with van der Waals surface area (Å²) in [6.45, 7) is 0.178. The Hall–Kier alpha value is -2.21. The number of cyclic esters (lactones) is 1. The SMILES string of the molecule is O=C1C[C@@H](O)C[C@@H](CCN2C(=O)c3ccccc3C2=O)O1. The van der Waals surface area contributed by atoms with Crippen LogP contribution in [-0.4, -0.2) is 46.5 Å². The van der Waals surface area contributed by atoms with Crippen LogP contribution in [0.25, 0.3) is 0 Å². The summed E-state index contributed by atoms with van der Waals surface area (Å²) in [5, 5.41) is 9.54. The van der Waals surface area contributed by atoms with Gasteiger partial charge in [-0.25, -0.2) is 0 Å². The highest BCUT2D eigenvalue weighted by Gasteiger charge is 2.36. The van der Waals surface area contributed by atoms with Crippen molar-refractivity contribution in [3.05, 3.63) is 35.4 Å². The fraction of sp³-hybridized carbons (Fsp3) is 0.400. The maximum absolute atomic E-state index is 12.2. The lowest BCUT2D eigenvalue weighted by molar-refractivity contribution is -0.160. The monoisotopic (exact) mass is 289 g/mol. The van der Waals surface area contributed by atoms with Crippen LogP contribution in [0.4, 0.5) is 0 Å². The van der Waals surface area contributed by atoms with Crippen LogP contribution in [0.1, 0.15) is 40.0 Å². The summed E-state index contributed by atoms with van der Waals surface area (Å²) in [5.41, 5.74) is 0.811. The van der Waals surface area contributed by atoms with E-state index in [1.807, 2.05) is 0 Å². The van der Waals surface area contributed by atoms with E-state index < -0.39 is 18.2 Å². The zero-order valence-electron chi connectivity index (χ0n) is 11.3. The van der Waals surface area contributed by atoms with E-state index >= 15 is 0 Å². The van der Waals surface area contributed by atoms with Crippen molar-refractivity contribution in [1.29, 1.82) is 0 Å². The summed E-state index contributed by atoms with van der Waals surface area (Å²) in [6, 6.07) is 6.68. The van der Waals surface area contributed by atoms with Crippen LogP contribution in [0.15, 0.2) is 24.3 Å². The summed E-state index contributed by atoms with van der Waals surface area (Å²) >= 11 is 0. The van der Waals surface area contributed by atoms with Gasteiger partial charge in [-0.05, 0) is 12.1 Å². The van der Waals surface area contributed by atoms with Gasteiger partial charge in [-0.3, -0.25) is 19.3 Å². The third kappa shape index (κ3) is 2.54. The van der Waals surface area contributed by atoms with Crippen LogP contribution in [0, 0.1) is 0 Å². The van der Waals surface area contributed by atoms with Crippen molar-refractivity contribution in [2.24, 2.45) is 0 Å². The first-order valence-electron chi connectivity index (χ1n) is 6.89. The van der Waals surface area contributed by atoms with E-state index in [4.69, 9.17) is 4.74 Å². The van der Waals surface area contributed by atoms with Crippen molar-refractivity contribution in [1.82, 2.24) is 4.90 Å². The number of ether oxygens (including phenoxy) is 1. The van der Waals surface area contributed by atoms with Crippen LogP contribution in [0.5, 0.6) is 0 Å². The molecule has 2 aliphatic rings. The number of hydrogen-bond acceptors (Lipinski definition) is 5. The molecule has 1 aromatic carbocycles. The van der Waals surface area contributed by atoms with Gasteiger partial charge in [-0.2, -0.15) is 0 Å². The first-order chi connectivity index (χ1) is 10.1. The molecule has 0 radical (unpaired) electrons. The van der Waals surface area contributed by atoms with Crippen molar-refractivity contribution >= 4 is 17.8 Å². The minimum atomic E-state index is -0.710. The third-order valence-corrected chi connectivity index (χ3v) is 3.79. The maximum atomic E-state index is 12.2. The maximum Gasteiger partial charge on any atom is 0.308 e. The highest BCUT2D eigenvalue weighted by Crippen LogP contribution is 2.24. The molecule has 1 N–H and O–H groups in total. The van der Waals surface area contributed by atoms with Gasteiger partial charge in [0.25, 0.3) is 11.8 Å². The number of carbonyl (C=O) groups is 3. The van der Waals surface area contributed by atoms with Crippen molar-refractivity contribution in [2.75, 3.05) is 6.54 Å². The van der Waals surface area contributed by atoms with Crippen LogP contribution in [-0.2, 0) is 9.53 Å². The molecular weight excluding hydrogens is 274 g/mol. The first-order valence-corrected chi connectivity index (χ1v) is 6.89. The molecule has 2 atom stereocenters. The second kappa shape index (κ2) is 5.29. The van der Waals surface area contributed by atoms with Crippen LogP contribution >= 0.6 is 0 Å². The molecule has 1 fully saturated rings. The van der Waals surface area contributed by atoms with Gasteiger partial charge in [-0.1, -0.05) is 12.1 Å². The van der Waals surface area contributed by atoms with Crippen molar-refractivity contribution in [3.63, 3.8) is 0 Å². The number of nitrogens with zero attached hydrogens (tertiary/aromatic N) is 1. The predicted octanol–water partition coefficient (Wildman–Crippen LogP) is 0.739. The molecule has 6 heteroatoms. The average Bonchev–Trinajstić information content (AvgIpc) is 2.69. The number of fused-ring (bicyclic) bond motifs is 1. The molecule has 0 saturated carbocycles. The highest BCUT2D eigenvalue weighted by molar-refractivity contribution is 6.21. The second-order valence-electron chi connectivity index (χ2n) is 5.30. The lowest BCUT2D eigenvalue weighted by Crippen LogP contribution is -2.37. The molecule has 0 aromatic heterocycles. The molecule has 2 amide bonds. The number of imide groups is 1. The van der Waals surface area contributed by atoms with Crippen molar-refractivity contribution < 1.29 is 24.2 Å². The topological polar surface area (TPSA) is 83.9 Å². The zero-order valence-corrected chi connectivity index (χ0v) is 11.3. The molecule has 1 aromatic rings. The lowest BCUT2D eigenvalue weighted by Gasteiger charge is -2.27. The van der Waals surface area contributed by atoms with E-state index in [1.54, 1.807) is 24.3 Å². The van der Waals surface area contributed by atoms with Gasteiger partial charge in [0.1, 0.15) is 6.10 Å². The largest absolute Gasteiger partial charge is 0.462 e. The van der Waals surface area contributed by atoms with Gasteiger partial charge in [0.2, 0.25) is 0 Å². The number of benzene rings is 1. The van der Waals surface area contributed by atoms with E-state index in [2.05, 4.69) is 0 Å². The Labute approximate surface area is 121 Å². The lowest BCUT2D eigenvalue weighted by atomic mass is 10.0. The summed E-state index contributed by atoms with van der Waals surface area (Å²) in [5.74, 6) is -1.09. The van der Waals surface area contributed by atoms with E-state index in [1.165, 1.54) is 4.90 Å². The van der Waals surface area contributed by atoms with Gasteiger partial charge < -0.3 is 9.84 Å². The fourth-order valence-corrected chi connectivity index (χ4v) is 2.75. The Kier molecular flexibility index (Phi) is 3.47. The molecule has 110 valence electrons. The third-order valence-electron chi connectivity index (χ3n) is 3.79.